The second-order valence-corrected chi connectivity index (χ2v) is 12.1. The maximum Gasteiger partial charge on any atom is 0.319 e. The molecule has 1 saturated carbocycles. The van der Waals surface area contributed by atoms with E-state index in [4.69, 9.17) is 21.3 Å². The maximum absolute atomic E-state index is 16.0. The van der Waals surface area contributed by atoms with Crippen LogP contribution in [0, 0.1) is 18.3 Å². The molecule has 216 valence electrons. The number of halogens is 1. The lowest BCUT2D eigenvalue weighted by molar-refractivity contribution is -0.128. The van der Waals surface area contributed by atoms with Crippen LogP contribution in [0.25, 0.3) is 26.9 Å². The predicted molar refractivity (Wildman–Crippen MR) is 160 cm³/mol. The van der Waals surface area contributed by atoms with Crippen LogP contribution in [0.5, 0.6) is 6.01 Å². The van der Waals surface area contributed by atoms with Crippen LogP contribution in [-0.4, -0.2) is 84.1 Å². The lowest BCUT2D eigenvalue weighted by Crippen LogP contribution is -2.56. The predicted octanol–water partition coefficient (Wildman–Crippen LogP) is 4.69. The van der Waals surface area contributed by atoms with Crippen LogP contribution in [0.1, 0.15) is 36.3 Å². The molecule has 0 radical (unpaired) electrons. The number of rotatable bonds is 7. The molecule has 2 unspecified atom stereocenters. The summed E-state index contributed by atoms with van der Waals surface area (Å²) in [6.07, 6.45) is 5.73. The number of likely N-dealkylation sites (N-methyl/N-ethyl adjacent to an activating group) is 1. The van der Waals surface area contributed by atoms with Crippen molar-refractivity contribution < 1.29 is 13.9 Å². The van der Waals surface area contributed by atoms with Gasteiger partial charge in [-0.1, -0.05) is 24.8 Å². The van der Waals surface area contributed by atoms with Crippen LogP contribution in [0.15, 0.2) is 43.0 Å². The summed E-state index contributed by atoms with van der Waals surface area (Å²) < 4.78 is 22.2. The van der Waals surface area contributed by atoms with Gasteiger partial charge in [0.15, 0.2) is 0 Å². The molecule has 2 aliphatic heterocycles. The molecular weight excluding hydrogens is 531 g/mol. The minimum Gasteiger partial charge on any atom is -0.462 e. The molecule has 0 bridgehead atoms. The fourth-order valence-corrected chi connectivity index (χ4v) is 7.25. The molecule has 1 amide bonds. The van der Waals surface area contributed by atoms with E-state index in [1.54, 1.807) is 11.0 Å². The van der Waals surface area contributed by atoms with Gasteiger partial charge < -0.3 is 24.3 Å². The zero-order valence-electron chi connectivity index (χ0n) is 23.9. The van der Waals surface area contributed by atoms with Gasteiger partial charge in [-0.3, -0.25) is 4.79 Å². The minimum absolute atomic E-state index is 0.163. The van der Waals surface area contributed by atoms with Crippen LogP contribution >= 0.6 is 0 Å². The summed E-state index contributed by atoms with van der Waals surface area (Å²) in [4.78, 5) is 31.7. The van der Waals surface area contributed by atoms with Gasteiger partial charge in [-0.15, -0.1) is 0 Å². The molecule has 9 heteroatoms. The van der Waals surface area contributed by atoms with E-state index in [-0.39, 0.29) is 30.3 Å². The molecule has 2 aromatic carbocycles. The molecule has 0 N–H and O–H groups in total. The Labute approximate surface area is 245 Å². The van der Waals surface area contributed by atoms with Gasteiger partial charge in [-0.25, -0.2) is 11.0 Å². The summed E-state index contributed by atoms with van der Waals surface area (Å²) in [5.74, 6) is 1.40. The summed E-state index contributed by atoms with van der Waals surface area (Å²) >= 11 is 0. The molecule has 3 aromatic rings. The maximum atomic E-state index is 16.0. The number of hydrogen-bond donors (Lipinski definition) is 0. The fourth-order valence-electron chi connectivity index (χ4n) is 7.25. The average molecular weight is 567 g/mol. The lowest BCUT2D eigenvalue weighted by atomic mass is 9.93. The van der Waals surface area contributed by atoms with Crippen molar-refractivity contribution in [2.45, 2.75) is 43.7 Å². The number of likely N-dealkylation sites (tertiary alicyclic amines) is 1. The monoisotopic (exact) mass is 566 g/mol. The van der Waals surface area contributed by atoms with Gasteiger partial charge in [0.2, 0.25) is 12.5 Å². The molecule has 7 rings (SSSR count). The van der Waals surface area contributed by atoms with Crippen molar-refractivity contribution in [2.75, 3.05) is 51.3 Å². The Morgan fingerprint density at radius 3 is 2.88 bits per heavy atom. The second-order valence-electron chi connectivity index (χ2n) is 12.1. The van der Waals surface area contributed by atoms with Crippen molar-refractivity contribution in [2.24, 2.45) is 5.92 Å². The van der Waals surface area contributed by atoms with Crippen molar-refractivity contribution >= 4 is 22.6 Å². The summed E-state index contributed by atoms with van der Waals surface area (Å²) in [7, 11) is 2.10. The highest BCUT2D eigenvalue weighted by Crippen LogP contribution is 2.58. The van der Waals surface area contributed by atoms with Crippen molar-refractivity contribution in [3.05, 3.63) is 71.3 Å². The third-order valence-electron chi connectivity index (χ3n) is 9.65. The number of carbonyl (C=O) groups is 1. The SMILES string of the molecule is [C-]#[N+]C[C@H]1CN(c2nc(OC[C@@H]3CCCN3C)nc3cc(-c4cccc5c4CC4CC54)c(F)cc23)CCN1C(=O)C=C. The van der Waals surface area contributed by atoms with Crippen LogP contribution in [0.3, 0.4) is 0 Å². The number of hydrogen-bond acceptors (Lipinski definition) is 6. The molecule has 8 nitrogen and oxygen atoms in total. The van der Waals surface area contributed by atoms with E-state index in [1.165, 1.54) is 23.6 Å². The van der Waals surface area contributed by atoms with E-state index < -0.39 is 0 Å². The number of anilines is 1. The van der Waals surface area contributed by atoms with Crippen LogP contribution in [0.4, 0.5) is 10.2 Å². The normalized spacial score (nSPS) is 24.8. The van der Waals surface area contributed by atoms with Crippen LogP contribution in [-0.2, 0) is 11.2 Å². The Bertz CT molecular complexity index is 1620. The Balaban J connectivity index is 1.29. The standard InChI is InChI=1S/C33H35FN6O2/c1-4-31(41)40-12-11-39(18-22(40)17-35-2)32-28-15-29(34)27(24-9-5-8-23-25-13-20(25)14-26(23)24)16-30(28)36-33(37-32)42-19-21-7-6-10-38(21)3/h4-5,8-9,15-16,20-22,25H,1,6-7,10-14,17-19H2,3H3/t20?,21-,22-,25?/m0/s1. The molecular formula is C33H35FN6O2. The molecule has 1 aromatic heterocycles. The topological polar surface area (TPSA) is 66.2 Å². The molecule has 2 saturated heterocycles. The molecule has 42 heavy (non-hydrogen) atoms. The summed E-state index contributed by atoms with van der Waals surface area (Å²) in [6, 6.07) is 9.88. The highest BCUT2D eigenvalue weighted by molar-refractivity contribution is 5.94. The van der Waals surface area contributed by atoms with Gasteiger partial charge >= 0.3 is 6.01 Å². The zero-order chi connectivity index (χ0) is 29.0. The van der Waals surface area contributed by atoms with Gasteiger partial charge in [-0.2, -0.15) is 9.97 Å². The first kappa shape index (κ1) is 26.8. The first-order valence-electron chi connectivity index (χ1n) is 14.9. The van der Waals surface area contributed by atoms with Crippen molar-refractivity contribution in [3.8, 4) is 17.1 Å². The van der Waals surface area contributed by atoms with Crippen LogP contribution in [0.2, 0.25) is 0 Å². The van der Waals surface area contributed by atoms with Gasteiger partial charge in [0.25, 0.3) is 0 Å². The number of fused-ring (bicyclic) bond motifs is 4. The van der Waals surface area contributed by atoms with Crippen molar-refractivity contribution in [1.82, 2.24) is 19.8 Å². The van der Waals surface area contributed by atoms with Gasteiger partial charge in [0, 0.05) is 36.6 Å². The molecule has 0 spiro atoms. The van der Waals surface area contributed by atoms with E-state index in [0.717, 1.165) is 31.4 Å². The van der Waals surface area contributed by atoms with Crippen LogP contribution < -0.4 is 9.64 Å². The van der Waals surface area contributed by atoms with E-state index in [9.17, 15) is 4.79 Å². The number of aromatic nitrogens is 2. The number of amides is 1. The molecule has 4 atom stereocenters. The highest BCUT2D eigenvalue weighted by Gasteiger charge is 2.45. The second kappa shape index (κ2) is 10.7. The quantitative estimate of drug-likeness (QED) is 0.306. The Hall–Kier alpha value is -4.03. The van der Waals surface area contributed by atoms with E-state index in [0.29, 0.717) is 66.4 Å². The van der Waals surface area contributed by atoms with Gasteiger partial charge in [0.1, 0.15) is 24.3 Å². The number of carbonyl (C=O) groups excluding carboxylic acids is 1. The number of ether oxygens (including phenoxy) is 1. The molecule has 2 aliphatic carbocycles. The van der Waals surface area contributed by atoms with E-state index in [2.05, 4.69) is 29.4 Å². The highest BCUT2D eigenvalue weighted by atomic mass is 19.1. The Morgan fingerprint density at radius 2 is 2.10 bits per heavy atom. The number of benzene rings is 2. The molecule has 4 aliphatic rings. The third kappa shape index (κ3) is 4.68. The Morgan fingerprint density at radius 1 is 1.21 bits per heavy atom. The first-order chi connectivity index (χ1) is 20.4. The van der Waals surface area contributed by atoms with Crippen molar-refractivity contribution in [3.63, 3.8) is 0 Å². The molecule has 3 fully saturated rings. The van der Waals surface area contributed by atoms with E-state index >= 15 is 4.39 Å². The van der Waals surface area contributed by atoms with Gasteiger partial charge in [-0.05, 0) is 86.0 Å². The fraction of sp³-hybridized carbons (Fsp3) is 0.455. The van der Waals surface area contributed by atoms with E-state index in [1.807, 2.05) is 23.1 Å². The zero-order valence-corrected chi connectivity index (χ0v) is 23.9. The summed E-state index contributed by atoms with van der Waals surface area (Å²) in [6.45, 7) is 14.1. The first-order valence-corrected chi connectivity index (χ1v) is 14.9. The third-order valence-corrected chi connectivity index (χ3v) is 9.65. The average Bonchev–Trinajstić information content (AvgIpc) is 3.49. The Kier molecular flexibility index (Phi) is 6.82. The number of piperazine rings is 1. The number of nitrogens with zero attached hydrogens (tertiary/aromatic N) is 6. The van der Waals surface area contributed by atoms with Crippen molar-refractivity contribution in [1.29, 1.82) is 0 Å². The minimum atomic E-state index is -0.328. The summed E-state index contributed by atoms with van der Waals surface area (Å²) in [5.41, 5.74) is 4.75. The van der Waals surface area contributed by atoms with Gasteiger partial charge in [0.05, 0.1) is 5.52 Å². The molecule has 3 heterocycles. The smallest absolute Gasteiger partial charge is 0.319 e. The lowest BCUT2D eigenvalue weighted by Gasteiger charge is -2.39. The summed E-state index contributed by atoms with van der Waals surface area (Å²) in [5, 5.41) is 0.599. The largest absolute Gasteiger partial charge is 0.462 e.